The molecule has 1 fully saturated rings. The molecule has 2 atom stereocenters. The molecule has 0 aromatic carbocycles. The van der Waals surface area contributed by atoms with E-state index in [0.717, 1.165) is 6.61 Å². The van der Waals surface area contributed by atoms with E-state index in [1.807, 2.05) is 0 Å². The lowest BCUT2D eigenvalue weighted by Crippen LogP contribution is -2.43. The van der Waals surface area contributed by atoms with Crippen LogP contribution in [0.15, 0.2) is 0 Å². The van der Waals surface area contributed by atoms with E-state index in [1.165, 1.54) is 25.9 Å². The molecular formula is C11H22ClNO. The van der Waals surface area contributed by atoms with Crippen molar-refractivity contribution in [1.29, 1.82) is 0 Å². The molecule has 0 aromatic heterocycles. The second kappa shape index (κ2) is 5.94. The van der Waals surface area contributed by atoms with Gasteiger partial charge < -0.3 is 4.74 Å². The monoisotopic (exact) mass is 219 g/mol. The van der Waals surface area contributed by atoms with Gasteiger partial charge >= 0.3 is 0 Å². The minimum absolute atomic E-state index is 0.329. The Morgan fingerprint density at radius 2 is 1.93 bits per heavy atom. The van der Waals surface area contributed by atoms with Crippen LogP contribution >= 0.6 is 11.6 Å². The first-order valence-corrected chi connectivity index (χ1v) is 5.96. The summed E-state index contributed by atoms with van der Waals surface area (Å²) >= 11 is 6.10. The molecule has 0 bridgehead atoms. The van der Waals surface area contributed by atoms with Crippen molar-refractivity contribution in [2.75, 3.05) is 26.8 Å². The third-order valence-corrected chi connectivity index (χ3v) is 3.61. The third kappa shape index (κ3) is 3.41. The zero-order valence-electron chi connectivity index (χ0n) is 9.50. The van der Waals surface area contributed by atoms with E-state index in [0.29, 0.717) is 17.3 Å². The Morgan fingerprint density at radius 1 is 1.36 bits per heavy atom. The van der Waals surface area contributed by atoms with Crippen molar-refractivity contribution in [1.82, 2.24) is 4.90 Å². The predicted octanol–water partition coefficient (Wildman–Crippen LogP) is 2.36. The number of ether oxygens (including phenoxy) is 1. The first-order valence-electron chi connectivity index (χ1n) is 5.52. The van der Waals surface area contributed by atoms with Crippen LogP contribution in [-0.4, -0.2) is 43.1 Å². The number of halogens is 1. The van der Waals surface area contributed by atoms with Crippen molar-refractivity contribution in [2.24, 2.45) is 5.92 Å². The van der Waals surface area contributed by atoms with Crippen molar-refractivity contribution < 1.29 is 4.74 Å². The standard InChI is InChI=1S/C11H22ClNO/c1-9(8-14-3)13-6-4-11(5-7-13)10(2)12/h9-11H,4-8H2,1-3H3. The number of rotatable bonds is 4. The van der Waals surface area contributed by atoms with Gasteiger partial charge in [-0.1, -0.05) is 0 Å². The molecule has 3 heteroatoms. The summed E-state index contributed by atoms with van der Waals surface area (Å²) in [6.07, 6.45) is 2.47. The van der Waals surface area contributed by atoms with Crippen LogP contribution in [0.3, 0.4) is 0 Å². The summed E-state index contributed by atoms with van der Waals surface area (Å²) in [5.74, 6) is 0.711. The molecule has 2 nitrogen and oxygen atoms in total. The van der Waals surface area contributed by atoms with Crippen LogP contribution in [0.1, 0.15) is 26.7 Å². The van der Waals surface area contributed by atoms with Gasteiger partial charge in [0.25, 0.3) is 0 Å². The molecule has 0 saturated carbocycles. The highest BCUT2D eigenvalue weighted by molar-refractivity contribution is 6.20. The van der Waals surface area contributed by atoms with Gasteiger partial charge in [0.1, 0.15) is 0 Å². The van der Waals surface area contributed by atoms with Crippen LogP contribution in [-0.2, 0) is 4.74 Å². The number of likely N-dealkylation sites (tertiary alicyclic amines) is 1. The highest BCUT2D eigenvalue weighted by Crippen LogP contribution is 2.24. The lowest BCUT2D eigenvalue weighted by molar-refractivity contribution is 0.0735. The van der Waals surface area contributed by atoms with Gasteiger partial charge in [-0.05, 0) is 45.7 Å². The van der Waals surface area contributed by atoms with Gasteiger partial charge in [-0.15, -0.1) is 11.6 Å². The molecule has 1 rings (SSSR count). The van der Waals surface area contributed by atoms with Gasteiger partial charge in [-0.2, -0.15) is 0 Å². The van der Waals surface area contributed by atoms with Crippen LogP contribution in [0.5, 0.6) is 0 Å². The molecule has 1 aliphatic rings. The fourth-order valence-electron chi connectivity index (χ4n) is 2.17. The molecule has 0 spiro atoms. The summed E-state index contributed by atoms with van der Waals surface area (Å²) in [6.45, 7) is 7.52. The second-order valence-electron chi connectivity index (χ2n) is 4.36. The molecule has 1 heterocycles. The van der Waals surface area contributed by atoms with E-state index in [-0.39, 0.29) is 0 Å². The van der Waals surface area contributed by atoms with Gasteiger partial charge in [-0.3, -0.25) is 4.90 Å². The third-order valence-electron chi connectivity index (χ3n) is 3.26. The number of hydrogen-bond acceptors (Lipinski definition) is 2. The Bertz CT molecular complexity index is 155. The van der Waals surface area contributed by atoms with Gasteiger partial charge in [-0.25, -0.2) is 0 Å². The largest absolute Gasteiger partial charge is 0.383 e. The minimum Gasteiger partial charge on any atom is -0.383 e. The molecular weight excluding hydrogens is 198 g/mol. The maximum atomic E-state index is 6.10. The molecule has 0 aromatic rings. The summed E-state index contributed by atoms with van der Waals surface area (Å²) < 4.78 is 5.16. The molecule has 14 heavy (non-hydrogen) atoms. The summed E-state index contributed by atoms with van der Waals surface area (Å²) in [4.78, 5) is 2.50. The summed E-state index contributed by atoms with van der Waals surface area (Å²) in [7, 11) is 1.77. The van der Waals surface area contributed by atoms with E-state index < -0.39 is 0 Å². The first-order chi connectivity index (χ1) is 6.65. The number of piperidine rings is 1. The van der Waals surface area contributed by atoms with E-state index in [9.17, 15) is 0 Å². The Morgan fingerprint density at radius 3 is 2.36 bits per heavy atom. The molecule has 0 amide bonds. The molecule has 0 aliphatic carbocycles. The van der Waals surface area contributed by atoms with E-state index in [1.54, 1.807) is 7.11 Å². The maximum absolute atomic E-state index is 6.10. The lowest BCUT2D eigenvalue weighted by Gasteiger charge is -2.36. The van der Waals surface area contributed by atoms with Gasteiger partial charge in [0.05, 0.1) is 6.61 Å². The first kappa shape index (κ1) is 12.3. The molecule has 2 unspecified atom stereocenters. The van der Waals surface area contributed by atoms with Gasteiger partial charge in [0, 0.05) is 18.5 Å². The zero-order chi connectivity index (χ0) is 10.6. The van der Waals surface area contributed by atoms with E-state index in [4.69, 9.17) is 16.3 Å². The highest BCUT2D eigenvalue weighted by atomic mass is 35.5. The normalized spacial score (nSPS) is 24.9. The van der Waals surface area contributed by atoms with Crippen molar-refractivity contribution in [2.45, 2.75) is 38.1 Å². The maximum Gasteiger partial charge on any atom is 0.0615 e. The predicted molar refractivity (Wildman–Crippen MR) is 61.0 cm³/mol. The molecule has 84 valence electrons. The number of methoxy groups -OCH3 is 1. The molecule has 0 N–H and O–H groups in total. The summed E-state index contributed by atoms with van der Waals surface area (Å²) in [5, 5.41) is 0.329. The van der Waals surface area contributed by atoms with Crippen LogP contribution in [0.4, 0.5) is 0 Å². The smallest absolute Gasteiger partial charge is 0.0615 e. The van der Waals surface area contributed by atoms with Crippen molar-refractivity contribution in [3.63, 3.8) is 0 Å². The van der Waals surface area contributed by atoms with Crippen LogP contribution in [0.25, 0.3) is 0 Å². The fourth-order valence-corrected chi connectivity index (χ4v) is 2.42. The topological polar surface area (TPSA) is 12.5 Å². The lowest BCUT2D eigenvalue weighted by atomic mass is 9.93. The SMILES string of the molecule is COCC(C)N1CCC(C(C)Cl)CC1. The molecule has 0 radical (unpaired) electrons. The number of nitrogens with zero attached hydrogens (tertiary/aromatic N) is 1. The summed E-state index contributed by atoms with van der Waals surface area (Å²) in [6, 6.07) is 0.548. The number of alkyl halides is 1. The van der Waals surface area contributed by atoms with Gasteiger partial charge in [0.2, 0.25) is 0 Å². The zero-order valence-corrected chi connectivity index (χ0v) is 10.3. The highest BCUT2D eigenvalue weighted by Gasteiger charge is 2.24. The Balaban J connectivity index is 2.28. The molecule has 1 aliphatic heterocycles. The van der Waals surface area contributed by atoms with E-state index >= 15 is 0 Å². The summed E-state index contributed by atoms with van der Waals surface area (Å²) in [5.41, 5.74) is 0. The van der Waals surface area contributed by atoms with Crippen molar-refractivity contribution in [3.05, 3.63) is 0 Å². The van der Waals surface area contributed by atoms with Crippen LogP contribution < -0.4 is 0 Å². The average molecular weight is 220 g/mol. The Kier molecular flexibility index (Phi) is 5.21. The van der Waals surface area contributed by atoms with Crippen molar-refractivity contribution >= 4 is 11.6 Å². The quantitative estimate of drug-likeness (QED) is 0.674. The fraction of sp³-hybridized carbons (Fsp3) is 1.00. The Hall–Kier alpha value is 0.210. The van der Waals surface area contributed by atoms with Crippen LogP contribution in [0.2, 0.25) is 0 Å². The van der Waals surface area contributed by atoms with Crippen molar-refractivity contribution in [3.8, 4) is 0 Å². The minimum atomic E-state index is 0.329. The molecule has 1 saturated heterocycles. The second-order valence-corrected chi connectivity index (χ2v) is 5.04. The Labute approximate surface area is 92.6 Å². The van der Waals surface area contributed by atoms with Gasteiger partial charge in [0.15, 0.2) is 0 Å². The number of hydrogen-bond donors (Lipinski definition) is 0. The van der Waals surface area contributed by atoms with E-state index in [2.05, 4.69) is 18.7 Å². The van der Waals surface area contributed by atoms with Crippen LogP contribution in [0, 0.1) is 5.92 Å². The average Bonchev–Trinajstić information content (AvgIpc) is 2.18.